The van der Waals surface area contributed by atoms with Crippen molar-refractivity contribution in [1.82, 2.24) is 4.90 Å². The highest BCUT2D eigenvalue weighted by atomic mass is 16.3. The zero-order valence-corrected chi connectivity index (χ0v) is 18.2. The van der Waals surface area contributed by atoms with E-state index in [-0.39, 0.29) is 11.3 Å². The number of furan rings is 1. The molecule has 1 amide bonds. The largest absolute Gasteiger partial charge is 0.503 e. The van der Waals surface area contributed by atoms with Gasteiger partial charge in [0, 0.05) is 11.9 Å². The lowest BCUT2D eigenvalue weighted by molar-refractivity contribution is -0.129. The lowest BCUT2D eigenvalue weighted by Gasteiger charge is -2.27. The Morgan fingerprint density at radius 1 is 0.970 bits per heavy atom. The number of hydrogen-bond acceptors (Lipinski definition) is 4. The molecule has 0 bridgehead atoms. The van der Waals surface area contributed by atoms with Crippen LogP contribution in [0, 0.1) is 6.92 Å². The Morgan fingerprint density at radius 2 is 1.67 bits per heavy atom. The summed E-state index contributed by atoms with van der Waals surface area (Å²) in [7, 11) is 0. The fourth-order valence-electron chi connectivity index (χ4n) is 4.33. The summed E-state index contributed by atoms with van der Waals surface area (Å²) in [6.45, 7) is 2.34. The van der Waals surface area contributed by atoms with Gasteiger partial charge in [0.2, 0.25) is 5.78 Å². The van der Waals surface area contributed by atoms with E-state index in [1.807, 2.05) is 79.7 Å². The van der Waals surface area contributed by atoms with Gasteiger partial charge in [0.15, 0.2) is 11.5 Å². The van der Waals surface area contributed by atoms with Gasteiger partial charge in [-0.25, -0.2) is 0 Å². The molecule has 5 nitrogen and oxygen atoms in total. The zero-order chi connectivity index (χ0) is 22.9. The molecule has 5 heteroatoms. The minimum Gasteiger partial charge on any atom is -0.503 e. The van der Waals surface area contributed by atoms with Gasteiger partial charge in [-0.2, -0.15) is 0 Å². The van der Waals surface area contributed by atoms with Crippen LogP contribution >= 0.6 is 0 Å². The second kappa shape index (κ2) is 8.43. The molecule has 5 rings (SSSR count). The molecule has 1 aliphatic rings. The van der Waals surface area contributed by atoms with Crippen molar-refractivity contribution in [2.75, 3.05) is 6.54 Å². The second-order valence-corrected chi connectivity index (χ2v) is 8.29. The molecule has 4 aromatic rings. The summed E-state index contributed by atoms with van der Waals surface area (Å²) in [6, 6.07) is 25.8. The van der Waals surface area contributed by atoms with Crippen molar-refractivity contribution in [3.8, 4) is 0 Å². The molecule has 33 heavy (non-hydrogen) atoms. The van der Waals surface area contributed by atoms with Gasteiger partial charge in [-0.3, -0.25) is 9.59 Å². The predicted octanol–water partition coefficient (Wildman–Crippen LogP) is 5.56. The van der Waals surface area contributed by atoms with E-state index in [0.29, 0.717) is 18.5 Å². The molecule has 3 aromatic carbocycles. The van der Waals surface area contributed by atoms with Crippen molar-refractivity contribution in [2.24, 2.45) is 0 Å². The number of carbonyl (C=O) groups is 2. The number of fused-ring (bicyclic) bond motifs is 1. The first-order valence-corrected chi connectivity index (χ1v) is 10.9. The molecule has 0 aliphatic carbocycles. The fourth-order valence-corrected chi connectivity index (χ4v) is 4.33. The molecule has 0 fully saturated rings. The third kappa shape index (κ3) is 3.82. The molecule has 0 saturated carbocycles. The van der Waals surface area contributed by atoms with E-state index in [1.54, 1.807) is 17.0 Å². The summed E-state index contributed by atoms with van der Waals surface area (Å²) in [4.78, 5) is 28.3. The Morgan fingerprint density at radius 3 is 2.39 bits per heavy atom. The number of para-hydroxylation sites is 1. The highest BCUT2D eigenvalue weighted by molar-refractivity contribution is 6.16. The average molecular weight is 437 g/mol. The second-order valence-electron chi connectivity index (χ2n) is 8.29. The molecule has 164 valence electrons. The summed E-state index contributed by atoms with van der Waals surface area (Å²) >= 11 is 0. The zero-order valence-electron chi connectivity index (χ0n) is 18.2. The quantitative estimate of drug-likeness (QED) is 0.401. The van der Waals surface area contributed by atoms with Crippen molar-refractivity contribution in [1.29, 1.82) is 0 Å². The standard InChI is InChI=1S/C28H23NO4/c1-18-11-13-20(14-12-18)25-24(26(30)23-17-21-9-5-6-10-22(21)33-23)27(31)28(32)29(25)16-15-19-7-3-2-4-8-19/h2-14,17,25,31H,15-16H2,1H3. The van der Waals surface area contributed by atoms with Gasteiger partial charge in [-0.05, 0) is 36.6 Å². The number of hydrogen-bond donors (Lipinski definition) is 1. The Balaban J connectivity index is 1.54. The Hall–Kier alpha value is -4.12. The summed E-state index contributed by atoms with van der Waals surface area (Å²) in [5.74, 6) is -1.44. The summed E-state index contributed by atoms with van der Waals surface area (Å²) < 4.78 is 5.77. The van der Waals surface area contributed by atoms with E-state index in [0.717, 1.165) is 22.1 Å². The molecule has 2 heterocycles. The van der Waals surface area contributed by atoms with Crippen LogP contribution in [0.25, 0.3) is 11.0 Å². The maximum atomic E-state index is 13.6. The van der Waals surface area contributed by atoms with Crippen molar-refractivity contribution < 1.29 is 19.1 Å². The number of carbonyl (C=O) groups excluding carboxylic acids is 2. The maximum absolute atomic E-state index is 13.6. The van der Waals surface area contributed by atoms with E-state index < -0.39 is 23.5 Å². The Kier molecular flexibility index (Phi) is 5.31. The van der Waals surface area contributed by atoms with E-state index in [2.05, 4.69) is 0 Å². The van der Waals surface area contributed by atoms with E-state index in [9.17, 15) is 14.7 Å². The van der Waals surface area contributed by atoms with Crippen LogP contribution in [0.5, 0.6) is 0 Å². The van der Waals surface area contributed by atoms with Gasteiger partial charge in [-0.1, -0.05) is 78.4 Å². The molecule has 0 spiro atoms. The van der Waals surface area contributed by atoms with Crippen LogP contribution in [0.3, 0.4) is 0 Å². The van der Waals surface area contributed by atoms with Crippen LogP contribution in [-0.2, 0) is 11.2 Å². The van der Waals surface area contributed by atoms with E-state index in [1.165, 1.54) is 0 Å². The summed E-state index contributed by atoms with van der Waals surface area (Å²) in [5, 5.41) is 11.6. The first kappa shape index (κ1) is 20.8. The number of nitrogens with zero attached hydrogens (tertiary/aromatic N) is 1. The van der Waals surface area contributed by atoms with E-state index >= 15 is 0 Å². The molecule has 1 aliphatic heterocycles. The Labute approximate surface area is 191 Å². The lowest BCUT2D eigenvalue weighted by Crippen LogP contribution is -2.33. The fraction of sp³-hybridized carbons (Fsp3) is 0.143. The van der Waals surface area contributed by atoms with Crippen LogP contribution in [0.1, 0.15) is 33.3 Å². The number of aliphatic hydroxyl groups is 1. The number of benzene rings is 3. The van der Waals surface area contributed by atoms with Crippen molar-refractivity contribution >= 4 is 22.7 Å². The molecule has 1 N–H and O–H groups in total. The molecular weight excluding hydrogens is 414 g/mol. The van der Waals surface area contributed by atoms with E-state index in [4.69, 9.17) is 4.42 Å². The van der Waals surface area contributed by atoms with Gasteiger partial charge >= 0.3 is 0 Å². The summed E-state index contributed by atoms with van der Waals surface area (Å²) in [6.07, 6.45) is 0.605. The molecule has 1 atom stereocenters. The third-order valence-corrected chi connectivity index (χ3v) is 6.07. The van der Waals surface area contributed by atoms with Crippen LogP contribution in [0.15, 0.2) is 101 Å². The molecule has 1 aromatic heterocycles. The van der Waals surface area contributed by atoms with Crippen molar-refractivity contribution in [2.45, 2.75) is 19.4 Å². The first-order valence-electron chi connectivity index (χ1n) is 10.9. The highest BCUT2D eigenvalue weighted by Crippen LogP contribution is 2.39. The minimum atomic E-state index is -0.692. The van der Waals surface area contributed by atoms with Crippen molar-refractivity contribution in [3.05, 3.63) is 119 Å². The average Bonchev–Trinajstić information content (AvgIpc) is 3.38. The predicted molar refractivity (Wildman–Crippen MR) is 126 cm³/mol. The normalized spacial score (nSPS) is 16.1. The lowest BCUT2D eigenvalue weighted by atomic mass is 9.94. The van der Waals surface area contributed by atoms with Crippen LogP contribution < -0.4 is 0 Å². The third-order valence-electron chi connectivity index (χ3n) is 6.07. The number of Topliss-reactive ketones (excluding diaryl/α,β-unsaturated/α-hetero) is 1. The van der Waals surface area contributed by atoms with Crippen LogP contribution in [-0.4, -0.2) is 28.2 Å². The Bertz CT molecular complexity index is 1330. The maximum Gasteiger partial charge on any atom is 0.290 e. The molecule has 1 unspecified atom stereocenters. The van der Waals surface area contributed by atoms with Crippen LogP contribution in [0.2, 0.25) is 0 Å². The molecule has 0 radical (unpaired) electrons. The number of rotatable bonds is 6. The highest BCUT2D eigenvalue weighted by Gasteiger charge is 2.44. The van der Waals surface area contributed by atoms with Gasteiger partial charge in [0.1, 0.15) is 5.58 Å². The topological polar surface area (TPSA) is 70.7 Å². The smallest absolute Gasteiger partial charge is 0.290 e. The van der Waals surface area contributed by atoms with Gasteiger partial charge in [-0.15, -0.1) is 0 Å². The summed E-state index contributed by atoms with van der Waals surface area (Å²) in [5.41, 5.74) is 3.54. The number of aryl methyl sites for hydroxylation is 1. The number of aliphatic hydroxyl groups excluding tert-OH is 1. The minimum absolute atomic E-state index is 0.0518. The van der Waals surface area contributed by atoms with Gasteiger partial charge in [0.25, 0.3) is 5.91 Å². The van der Waals surface area contributed by atoms with Gasteiger partial charge < -0.3 is 14.4 Å². The number of ketones is 1. The van der Waals surface area contributed by atoms with Crippen LogP contribution in [0.4, 0.5) is 0 Å². The SMILES string of the molecule is Cc1ccc(C2C(C(=O)c3cc4ccccc4o3)=C(O)C(=O)N2CCc2ccccc2)cc1. The molecular formula is C28H23NO4. The first-order chi connectivity index (χ1) is 16.0. The monoisotopic (exact) mass is 437 g/mol. The van der Waals surface area contributed by atoms with Gasteiger partial charge in [0.05, 0.1) is 11.6 Å². The number of amides is 1. The molecule has 0 saturated heterocycles. The van der Waals surface area contributed by atoms with Crippen molar-refractivity contribution in [3.63, 3.8) is 0 Å².